The van der Waals surface area contributed by atoms with Gasteiger partial charge in [0.05, 0.1) is 46.2 Å². The fourth-order valence-corrected chi connectivity index (χ4v) is 11.4. The molecule has 2 amide bonds. The molecule has 21 heteroatoms. The van der Waals surface area contributed by atoms with Crippen LogP contribution in [0.25, 0.3) is 34.1 Å². The number of aromatic nitrogens is 8. The van der Waals surface area contributed by atoms with Crippen LogP contribution in [0.5, 0.6) is 0 Å². The third-order valence-electron chi connectivity index (χ3n) is 15.0. The zero-order valence-corrected chi connectivity index (χ0v) is 46.2. The minimum Gasteiger partial charge on any atom is -0.445 e. The summed E-state index contributed by atoms with van der Waals surface area (Å²) >= 11 is 18.3. The molecule has 6 aromatic heterocycles. The number of imidazole rings is 2. The number of nitrogens with zero attached hydrogens (tertiary/aromatic N) is 12. The number of halogens is 3. The number of fused-ring (bicyclic) bond motifs is 2. The summed E-state index contributed by atoms with van der Waals surface area (Å²) in [7, 11) is 0. The van der Waals surface area contributed by atoms with E-state index in [-0.39, 0.29) is 30.9 Å². The van der Waals surface area contributed by atoms with E-state index < -0.39 is 0 Å². The Bertz CT molecular complexity index is 3260. The predicted molar refractivity (Wildman–Crippen MR) is 314 cm³/mol. The molecule has 0 radical (unpaired) electrons. The lowest BCUT2D eigenvalue weighted by Gasteiger charge is -2.42. The standard InChI is InChI=1S/C29H32ClN7O2.C18H27N3O2.C11H6Cl2N4.CH4/c30-24-18-32-28(34-27(24)25-19-31-26-11-4-5-12-37(25)26)33-22-9-6-10-23(17-22)35-13-15-36(16-14-35)29(38)39-20-21-7-2-1-3-8-21;19-16-7-4-8-17(13-16)20-9-11-21(12-10-20)18(22)23-14-15-5-2-1-3-6-15;12-7-5-15-11(13)16-10(7)8-6-14-9-3-1-2-4-17(8)9;/h1-5,7-8,11-12,18-19,22-23H,6,9-10,13-17,20H2,(H,32,33,34);1-3,5-6,16-17H,4,7-14,19H2;1-6H;1H4/t22-,23+;16-,17+;;/m11../s1. The van der Waals surface area contributed by atoms with Crippen LogP contribution in [0.2, 0.25) is 15.3 Å². The molecule has 0 spiro atoms. The molecule has 2 aliphatic heterocycles. The van der Waals surface area contributed by atoms with Crippen molar-refractivity contribution in [2.45, 2.75) is 96.2 Å². The van der Waals surface area contributed by atoms with E-state index in [1.165, 1.54) is 19.0 Å². The predicted octanol–water partition coefficient (Wildman–Crippen LogP) is 11.1. The van der Waals surface area contributed by atoms with Crippen molar-refractivity contribution < 1.29 is 19.1 Å². The fourth-order valence-electron chi connectivity index (χ4n) is 10.9. The summed E-state index contributed by atoms with van der Waals surface area (Å²) < 4.78 is 14.8. The summed E-state index contributed by atoms with van der Waals surface area (Å²) in [5, 5.41) is 4.67. The lowest BCUT2D eigenvalue weighted by atomic mass is 9.89. The van der Waals surface area contributed by atoms with Crippen LogP contribution >= 0.6 is 34.8 Å². The normalized spacial score (nSPS) is 19.6. The highest BCUT2D eigenvalue weighted by Crippen LogP contribution is 2.31. The first-order chi connectivity index (χ1) is 38.6. The molecule has 80 heavy (non-hydrogen) atoms. The van der Waals surface area contributed by atoms with Gasteiger partial charge in [-0.15, -0.1) is 0 Å². The molecule has 8 aromatic rings. The minimum absolute atomic E-state index is 0. The summed E-state index contributed by atoms with van der Waals surface area (Å²) in [5.41, 5.74) is 12.6. The summed E-state index contributed by atoms with van der Waals surface area (Å²) in [6.07, 6.45) is 19.1. The van der Waals surface area contributed by atoms with Crippen LogP contribution in [0.4, 0.5) is 15.5 Å². The molecule has 0 unspecified atom stereocenters. The Balaban J connectivity index is 0.000000160. The Kier molecular flexibility index (Phi) is 20.2. The van der Waals surface area contributed by atoms with Gasteiger partial charge in [-0.1, -0.05) is 110 Å². The van der Waals surface area contributed by atoms with Gasteiger partial charge in [0.1, 0.15) is 35.9 Å². The maximum Gasteiger partial charge on any atom is 0.410 e. The SMILES string of the molecule is C.Clc1ncc(Cl)c(-c2cnc3ccccn23)n1.N[C@@H]1CCC[C@H](N2CCN(C(=O)OCc3ccccc3)CC2)C1.O=C(OCc1ccccc1)N1CCN([C@H]2CCC[C@@H](Nc3ncc(Cl)c(-c4cnc5ccccn45)n3)C2)CC1. The first-order valence-electron chi connectivity index (χ1n) is 27.1. The van der Waals surface area contributed by atoms with Gasteiger partial charge >= 0.3 is 12.2 Å². The summed E-state index contributed by atoms with van der Waals surface area (Å²) in [6.45, 7) is 7.09. The van der Waals surface area contributed by atoms with Gasteiger partial charge in [-0.05, 0) is 91.9 Å². The Morgan fingerprint density at radius 3 is 1.55 bits per heavy atom. The number of carbonyl (C=O) groups is 2. The van der Waals surface area contributed by atoms with Crippen molar-refractivity contribution in [3.8, 4) is 22.8 Å². The maximum absolute atomic E-state index is 12.6. The van der Waals surface area contributed by atoms with E-state index in [9.17, 15) is 9.59 Å². The zero-order valence-electron chi connectivity index (χ0n) is 43.9. The number of nitrogens with one attached hydrogen (secondary N) is 1. The van der Waals surface area contributed by atoms with E-state index in [0.29, 0.717) is 71.8 Å². The lowest BCUT2D eigenvalue weighted by Crippen LogP contribution is -2.53. The number of amides is 2. The zero-order chi connectivity index (χ0) is 54.5. The van der Waals surface area contributed by atoms with Crippen LogP contribution in [0.15, 0.2) is 134 Å². The van der Waals surface area contributed by atoms with Crippen LogP contribution in [0.1, 0.15) is 69.9 Å². The highest BCUT2D eigenvalue weighted by molar-refractivity contribution is 6.33. The van der Waals surface area contributed by atoms with Crippen LogP contribution in [0, 0.1) is 0 Å². The van der Waals surface area contributed by atoms with Crippen molar-refractivity contribution in [2.75, 3.05) is 57.7 Å². The summed E-state index contributed by atoms with van der Waals surface area (Å²) in [6, 6.07) is 32.9. The van der Waals surface area contributed by atoms with Gasteiger partial charge in [-0.3, -0.25) is 18.6 Å². The van der Waals surface area contributed by atoms with Gasteiger partial charge in [-0.2, -0.15) is 0 Å². The smallest absolute Gasteiger partial charge is 0.410 e. The quantitative estimate of drug-likeness (QED) is 0.123. The Hall–Kier alpha value is -6.93. The van der Waals surface area contributed by atoms with Crippen LogP contribution in [0.3, 0.4) is 0 Å². The highest BCUT2D eigenvalue weighted by Gasteiger charge is 2.32. The Morgan fingerprint density at radius 1 is 0.550 bits per heavy atom. The molecule has 12 rings (SSSR count). The van der Waals surface area contributed by atoms with Crippen molar-refractivity contribution in [2.24, 2.45) is 5.73 Å². The molecule has 8 heterocycles. The monoisotopic (exact) mass is 1140 g/mol. The van der Waals surface area contributed by atoms with Gasteiger partial charge in [0.15, 0.2) is 0 Å². The van der Waals surface area contributed by atoms with Crippen LogP contribution < -0.4 is 11.1 Å². The van der Waals surface area contributed by atoms with Gasteiger partial charge in [0, 0.05) is 88.9 Å². The van der Waals surface area contributed by atoms with E-state index in [2.05, 4.69) is 40.0 Å². The first-order valence-corrected chi connectivity index (χ1v) is 28.2. The molecule has 420 valence electrons. The molecule has 4 atom stereocenters. The highest BCUT2D eigenvalue weighted by atomic mass is 35.5. The molecule has 2 saturated heterocycles. The number of benzene rings is 2. The summed E-state index contributed by atoms with van der Waals surface area (Å²) in [4.78, 5) is 59.3. The summed E-state index contributed by atoms with van der Waals surface area (Å²) in [5.74, 6) is 0.580. The van der Waals surface area contributed by atoms with Crippen molar-refractivity contribution >= 4 is 64.2 Å². The van der Waals surface area contributed by atoms with E-state index >= 15 is 0 Å². The van der Waals surface area contributed by atoms with E-state index in [4.69, 9.17) is 55.0 Å². The number of nitrogens with two attached hydrogens (primary N) is 1. The second-order valence-electron chi connectivity index (χ2n) is 20.2. The molecule has 2 saturated carbocycles. The molecule has 2 aromatic carbocycles. The van der Waals surface area contributed by atoms with Crippen molar-refractivity contribution in [3.63, 3.8) is 0 Å². The Labute approximate surface area is 482 Å². The number of carbonyl (C=O) groups excluding carboxylic acids is 2. The van der Waals surface area contributed by atoms with Crippen molar-refractivity contribution in [1.82, 2.24) is 58.3 Å². The van der Waals surface area contributed by atoms with Crippen LogP contribution in [-0.2, 0) is 22.7 Å². The maximum atomic E-state index is 12.6. The van der Waals surface area contributed by atoms with Gasteiger partial charge in [0.25, 0.3) is 0 Å². The van der Waals surface area contributed by atoms with Gasteiger partial charge in [-0.25, -0.2) is 39.5 Å². The largest absolute Gasteiger partial charge is 0.445 e. The number of hydrogen-bond donors (Lipinski definition) is 2. The van der Waals surface area contributed by atoms with Crippen LogP contribution in [-0.4, -0.2) is 147 Å². The third-order valence-corrected chi connectivity index (χ3v) is 15.8. The first kappa shape index (κ1) is 57.7. The molecule has 0 bridgehead atoms. The molecular formula is C59H69Cl3N14O4. The molecular weight excluding hydrogens is 1080 g/mol. The van der Waals surface area contributed by atoms with Gasteiger partial charge < -0.3 is 30.3 Å². The fraction of sp³-hybridized carbons (Fsp3) is 0.390. The number of anilines is 1. The number of hydrogen-bond acceptors (Lipinski definition) is 14. The molecule has 4 aliphatic rings. The molecule has 4 fully saturated rings. The molecule has 2 aliphatic carbocycles. The van der Waals surface area contributed by atoms with Gasteiger partial charge in [0.2, 0.25) is 11.2 Å². The second-order valence-corrected chi connectivity index (χ2v) is 21.4. The number of ether oxygens (including phenoxy) is 2. The minimum atomic E-state index is -0.233. The molecule has 18 nitrogen and oxygen atoms in total. The average molecular weight is 1140 g/mol. The van der Waals surface area contributed by atoms with Crippen molar-refractivity contribution in [1.29, 1.82) is 0 Å². The topological polar surface area (TPSA) is 190 Å². The number of rotatable bonds is 10. The second kappa shape index (κ2) is 28.0. The lowest BCUT2D eigenvalue weighted by molar-refractivity contribution is 0.0510. The Morgan fingerprint density at radius 2 is 1.02 bits per heavy atom. The van der Waals surface area contributed by atoms with E-state index in [1.807, 2.05) is 128 Å². The third kappa shape index (κ3) is 14.9. The number of pyridine rings is 2. The van der Waals surface area contributed by atoms with Crippen molar-refractivity contribution in [3.05, 3.63) is 161 Å². The number of piperazine rings is 2. The molecule has 3 N–H and O–H groups in total. The average Bonchev–Trinajstić information content (AvgIpc) is 4.30. The van der Waals surface area contributed by atoms with E-state index in [1.54, 1.807) is 18.6 Å². The van der Waals surface area contributed by atoms with E-state index in [0.717, 1.165) is 112 Å².